The van der Waals surface area contributed by atoms with E-state index in [9.17, 15) is 4.79 Å². The lowest BCUT2D eigenvalue weighted by Gasteiger charge is -2.24. The highest BCUT2D eigenvalue weighted by Crippen LogP contribution is 2.35. The van der Waals surface area contributed by atoms with E-state index in [0.29, 0.717) is 30.5 Å². The Morgan fingerprint density at radius 3 is 2.91 bits per heavy atom. The monoisotopic (exact) mass is 514 g/mol. The number of rotatable bonds is 9. The van der Waals surface area contributed by atoms with Crippen molar-refractivity contribution in [2.45, 2.75) is 25.8 Å². The molecular formula is C24H27BrN4O4. The van der Waals surface area contributed by atoms with Crippen LogP contribution >= 0.6 is 15.9 Å². The molecule has 9 heteroatoms. The Bertz CT molecular complexity index is 1130. The fourth-order valence-electron chi connectivity index (χ4n) is 3.99. The number of likely N-dealkylation sites (tertiary alicyclic amines) is 1. The van der Waals surface area contributed by atoms with Crippen LogP contribution in [0, 0.1) is 0 Å². The molecule has 33 heavy (non-hydrogen) atoms. The SMILES string of the molecule is CCOC(=O)CN1CCCC1COc1cc2c(Nc3cccc(Br)c3)ncnc2cc1OC. The lowest BCUT2D eigenvalue weighted by Crippen LogP contribution is -2.38. The van der Waals surface area contributed by atoms with Gasteiger partial charge in [-0.05, 0) is 50.6 Å². The molecule has 1 N–H and O–H groups in total. The maximum atomic E-state index is 11.9. The van der Waals surface area contributed by atoms with E-state index in [2.05, 4.69) is 36.1 Å². The van der Waals surface area contributed by atoms with Gasteiger partial charge >= 0.3 is 5.97 Å². The average Bonchev–Trinajstić information content (AvgIpc) is 3.24. The number of nitrogens with one attached hydrogen (secondary N) is 1. The first-order chi connectivity index (χ1) is 16.1. The third kappa shape index (κ3) is 5.72. The third-order valence-electron chi connectivity index (χ3n) is 5.58. The summed E-state index contributed by atoms with van der Waals surface area (Å²) in [6.45, 7) is 3.79. The van der Waals surface area contributed by atoms with E-state index < -0.39 is 0 Å². The van der Waals surface area contributed by atoms with E-state index in [1.807, 2.05) is 43.3 Å². The Morgan fingerprint density at radius 2 is 2.12 bits per heavy atom. The maximum Gasteiger partial charge on any atom is 0.320 e. The molecule has 4 rings (SSSR count). The molecule has 1 saturated heterocycles. The van der Waals surface area contributed by atoms with Gasteiger partial charge in [0.25, 0.3) is 0 Å². The molecule has 8 nitrogen and oxygen atoms in total. The molecule has 0 radical (unpaired) electrons. The quantitative estimate of drug-likeness (QED) is 0.416. The van der Waals surface area contributed by atoms with Crippen LogP contribution in [0.2, 0.25) is 0 Å². The van der Waals surface area contributed by atoms with Gasteiger partial charge < -0.3 is 19.5 Å². The summed E-state index contributed by atoms with van der Waals surface area (Å²) in [5.74, 6) is 1.69. The zero-order chi connectivity index (χ0) is 23.2. The summed E-state index contributed by atoms with van der Waals surface area (Å²) >= 11 is 3.49. The van der Waals surface area contributed by atoms with Crippen LogP contribution in [-0.2, 0) is 9.53 Å². The molecule has 0 saturated carbocycles. The predicted molar refractivity (Wildman–Crippen MR) is 130 cm³/mol. The van der Waals surface area contributed by atoms with E-state index in [1.54, 1.807) is 7.11 Å². The maximum absolute atomic E-state index is 11.9. The first-order valence-corrected chi connectivity index (χ1v) is 11.7. The Labute approximate surface area is 201 Å². The highest BCUT2D eigenvalue weighted by atomic mass is 79.9. The summed E-state index contributed by atoms with van der Waals surface area (Å²) in [5.41, 5.74) is 1.65. The normalized spacial score (nSPS) is 16.0. The van der Waals surface area contributed by atoms with Crippen molar-refractivity contribution in [3.63, 3.8) is 0 Å². The summed E-state index contributed by atoms with van der Waals surface area (Å²) in [4.78, 5) is 22.9. The molecule has 0 spiro atoms. The number of nitrogens with zero attached hydrogens (tertiary/aromatic N) is 3. The first kappa shape index (κ1) is 23.3. The number of carbonyl (C=O) groups is 1. The van der Waals surface area contributed by atoms with E-state index in [1.165, 1.54) is 6.33 Å². The van der Waals surface area contributed by atoms with Crippen LogP contribution in [0.5, 0.6) is 11.5 Å². The van der Waals surface area contributed by atoms with Gasteiger partial charge in [-0.2, -0.15) is 0 Å². The van der Waals surface area contributed by atoms with Gasteiger partial charge in [-0.25, -0.2) is 9.97 Å². The first-order valence-electron chi connectivity index (χ1n) is 10.9. The standard InChI is InChI=1S/C24H27BrN4O4/c1-3-32-23(30)13-29-9-5-8-18(29)14-33-22-11-19-20(12-21(22)31-2)26-15-27-24(19)28-17-7-4-6-16(25)10-17/h4,6-7,10-12,15,18H,3,5,8-9,13-14H2,1-2H3,(H,26,27,28). The molecule has 1 aliphatic heterocycles. The van der Waals surface area contributed by atoms with Crippen LogP contribution in [0.3, 0.4) is 0 Å². The molecule has 1 aliphatic rings. The zero-order valence-electron chi connectivity index (χ0n) is 18.7. The second kappa shape index (κ2) is 10.8. The topological polar surface area (TPSA) is 85.8 Å². The number of aromatic nitrogens is 2. The zero-order valence-corrected chi connectivity index (χ0v) is 20.3. The van der Waals surface area contributed by atoms with Gasteiger partial charge in [-0.15, -0.1) is 0 Å². The fraction of sp³-hybridized carbons (Fsp3) is 0.375. The van der Waals surface area contributed by atoms with Crippen LogP contribution in [0.25, 0.3) is 10.9 Å². The van der Waals surface area contributed by atoms with Crippen molar-refractivity contribution in [2.75, 3.05) is 38.7 Å². The Hall–Kier alpha value is -2.91. The van der Waals surface area contributed by atoms with Crippen molar-refractivity contribution in [3.05, 3.63) is 47.2 Å². The van der Waals surface area contributed by atoms with Crippen molar-refractivity contribution in [2.24, 2.45) is 0 Å². The van der Waals surface area contributed by atoms with Gasteiger partial charge in [0, 0.05) is 27.7 Å². The minimum atomic E-state index is -0.201. The molecule has 2 heterocycles. The van der Waals surface area contributed by atoms with Gasteiger partial charge in [0.2, 0.25) is 0 Å². The lowest BCUT2D eigenvalue weighted by atomic mass is 10.2. The molecular weight excluding hydrogens is 488 g/mol. The second-order valence-electron chi connectivity index (χ2n) is 7.76. The van der Waals surface area contributed by atoms with Crippen molar-refractivity contribution < 1.29 is 19.0 Å². The smallest absolute Gasteiger partial charge is 0.320 e. The van der Waals surface area contributed by atoms with Crippen LogP contribution in [-0.4, -0.2) is 60.3 Å². The van der Waals surface area contributed by atoms with Gasteiger partial charge in [-0.1, -0.05) is 22.0 Å². The highest BCUT2D eigenvalue weighted by Gasteiger charge is 2.27. The Morgan fingerprint density at radius 1 is 1.24 bits per heavy atom. The summed E-state index contributed by atoms with van der Waals surface area (Å²) in [6, 6.07) is 11.8. The van der Waals surface area contributed by atoms with Crippen molar-refractivity contribution in [1.82, 2.24) is 14.9 Å². The van der Waals surface area contributed by atoms with Crippen LogP contribution in [0.4, 0.5) is 11.5 Å². The highest BCUT2D eigenvalue weighted by molar-refractivity contribution is 9.10. The summed E-state index contributed by atoms with van der Waals surface area (Å²) in [7, 11) is 1.61. The van der Waals surface area contributed by atoms with Gasteiger partial charge in [0.05, 0.1) is 25.8 Å². The molecule has 3 aromatic rings. The third-order valence-corrected chi connectivity index (χ3v) is 6.07. The van der Waals surface area contributed by atoms with Gasteiger partial charge in [0.1, 0.15) is 18.8 Å². The number of anilines is 2. The van der Waals surface area contributed by atoms with Crippen molar-refractivity contribution in [3.8, 4) is 11.5 Å². The molecule has 0 aliphatic carbocycles. The summed E-state index contributed by atoms with van der Waals surface area (Å²) in [6.07, 6.45) is 3.51. The molecule has 1 unspecified atom stereocenters. The van der Waals surface area contributed by atoms with E-state index in [0.717, 1.165) is 40.4 Å². The van der Waals surface area contributed by atoms with Crippen molar-refractivity contribution >= 4 is 44.3 Å². The number of halogens is 1. The van der Waals surface area contributed by atoms with E-state index in [4.69, 9.17) is 14.2 Å². The summed E-state index contributed by atoms with van der Waals surface area (Å²) < 4.78 is 17.8. The van der Waals surface area contributed by atoms with Gasteiger partial charge in [-0.3, -0.25) is 9.69 Å². The van der Waals surface area contributed by atoms with Gasteiger partial charge in [0.15, 0.2) is 11.5 Å². The molecule has 1 fully saturated rings. The molecule has 1 aromatic heterocycles. The fourth-order valence-corrected chi connectivity index (χ4v) is 4.39. The minimum Gasteiger partial charge on any atom is -0.493 e. The number of ether oxygens (including phenoxy) is 3. The van der Waals surface area contributed by atoms with Crippen LogP contribution < -0.4 is 14.8 Å². The molecule has 2 aromatic carbocycles. The molecule has 0 amide bonds. The molecule has 174 valence electrons. The number of esters is 1. The Kier molecular flexibility index (Phi) is 7.61. The van der Waals surface area contributed by atoms with E-state index in [-0.39, 0.29) is 18.6 Å². The number of fused-ring (bicyclic) bond motifs is 1. The second-order valence-corrected chi connectivity index (χ2v) is 8.68. The van der Waals surface area contributed by atoms with E-state index >= 15 is 0 Å². The summed E-state index contributed by atoms with van der Waals surface area (Å²) in [5, 5.41) is 4.18. The number of hydrogen-bond acceptors (Lipinski definition) is 8. The number of carbonyl (C=O) groups excluding carboxylic acids is 1. The molecule has 1 atom stereocenters. The largest absolute Gasteiger partial charge is 0.493 e. The number of methoxy groups -OCH3 is 1. The lowest BCUT2D eigenvalue weighted by molar-refractivity contribution is -0.144. The number of hydrogen-bond donors (Lipinski definition) is 1. The van der Waals surface area contributed by atoms with Crippen LogP contribution in [0.15, 0.2) is 47.2 Å². The Balaban J connectivity index is 1.55. The number of benzene rings is 2. The average molecular weight is 515 g/mol. The van der Waals surface area contributed by atoms with Crippen LogP contribution in [0.1, 0.15) is 19.8 Å². The molecule has 0 bridgehead atoms. The predicted octanol–water partition coefficient (Wildman–Crippen LogP) is 4.55. The minimum absolute atomic E-state index is 0.140. The van der Waals surface area contributed by atoms with Crippen molar-refractivity contribution in [1.29, 1.82) is 0 Å².